The minimum Gasteiger partial charge on any atom is -0.342 e. The van der Waals surface area contributed by atoms with E-state index in [1.54, 1.807) is 4.90 Å². The molecule has 2 saturated heterocycles. The number of nitrogens with zero attached hydrogens (tertiary/aromatic N) is 4. The van der Waals surface area contributed by atoms with Crippen molar-refractivity contribution in [2.75, 3.05) is 26.2 Å². The summed E-state index contributed by atoms with van der Waals surface area (Å²) in [5.41, 5.74) is -0.363. The second-order valence-electron chi connectivity index (χ2n) is 7.24. The molecule has 1 atom stereocenters. The van der Waals surface area contributed by atoms with E-state index in [0.717, 1.165) is 32.4 Å². The monoisotopic (exact) mass is 317 g/mol. The molecule has 0 aromatic carbocycles. The van der Waals surface area contributed by atoms with Crippen LogP contribution in [0.4, 0.5) is 0 Å². The largest absolute Gasteiger partial charge is 0.342 e. The highest BCUT2D eigenvalue weighted by Crippen LogP contribution is 2.41. The van der Waals surface area contributed by atoms with Crippen molar-refractivity contribution in [2.24, 2.45) is 11.3 Å². The Morgan fingerprint density at radius 2 is 2.17 bits per heavy atom. The van der Waals surface area contributed by atoms with E-state index in [4.69, 9.17) is 0 Å². The van der Waals surface area contributed by atoms with Crippen molar-refractivity contribution >= 4 is 11.8 Å². The molecule has 1 aliphatic carbocycles. The molecule has 3 fully saturated rings. The number of aromatic amines is 1. The number of H-pyrrole nitrogens is 1. The number of piperidine rings is 1. The molecule has 1 spiro atoms. The first-order valence-corrected chi connectivity index (χ1v) is 8.62. The molecule has 124 valence electrons. The second-order valence-corrected chi connectivity index (χ2v) is 7.24. The van der Waals surface area contributed by atoms with Gasteiger partial charge >= 0.3 is 0 Å². The third kappa shape index (κ3) is 2.52. The third-order valence-corrected chi connectivity index (χ3v) is 5.79. The van der Waals surface area contributed by atoms with E-state index in [1.165, 1.54) is 25.6 Å². The molecule has 2 aliphatic heterocycles. The Balaban J connectivity index is 1.45. The molecule has 1 saturated carbocycles. The van der Waals surface area contributed by atoms with Gasteiger partial charge < -0.3 is 9.80 Å². The number of carbonyl (C=O) groups is 2. The smallest absolute Gasteiger partial charge is 0.291 e. The van der Waals surface area contributed by atoms with E-state index in [-0.39, 0.29) is 23.1 Å². The standard InChI is InChI=1S/C16H23N5O2/c22-14(13-17-11-18-19-13)21-8-6-16(10-21)5-2-7-20(15(16)23)9-12-3-1-4-12/h11-12H,1-10H2,(H,17,18,19)/t16-/m1/s1. The first-order valence-electron chi connectivity index (χ1n) is 8.62. The lowest BCUT2D eigenvalue weighted by molar-refractivity contribution is -0.146. The zero-order valence-corrected chi connectivity index (χ0v) is 13.3. The molecule has 7 nitrogen and oxygen atoms in total. The number of aromatic nitrogens is 3. The normalized spacial score (nSPS) is 28.4. The molecule has 23 heavy (non-hydrogen) atoms. The summed E-state index contributed by atoms with van der Waals surface area (Å²) in [6, 6.07) is 0. The molecule has 0 radical (unpaired) electrons. The van der Waals surface area contributed by atoms with E-state index in [1.807, 2.05) is 0 Å². The molecule has 1 aromatic heterocycles. The number of nitrogens with one attached hydrogen (secondary N) is 1. The lowest BCUT2D eigenvalue weighted by Crippen LogP contribution is -2.52. The van der Waals surface area contributed by atoms with Crippen LogP contribution < -0.4 is 0 Å². The SMILES string of the molecule is O=C(c1ncn[nH]1)N1CC[C@]2(CCCN(CC3CCC3)C2=O)C1. The van der Waals surface area contributed by atoms with Gasteiger partial charge in [0.05, 0.1) is 5.41 Å². The maximum atomic E-state index is 13.0. The summed E-state index contributed by atoms with van der Waals surface area (Å²) in [5, 5.41) is 6.35. The fourth-order valence-electron chi connectivity index (χ4n) is 4.20. The number of carbonyl (C=O) groups excluding carboxylic acids is 2. The molecular formula is C16H23N5O2. The number of amides is 2. The molecule has 0 unspecified atom stereocenters. The Morgan fingerprint density at radius 1 is 1.30 bits per heavy atom. The highest BCUT2D eigenvalue weighted by atomic mass is 16.2. The summed E-state index contributed by atoms with van der Waals surface area (Å²) in [5.74, 6) is 1.07. The van der Waals surface area contributed by atoms with Crippen LogP contribution in [0.5, 0.6) is 0 Å². The molecule has 4 rings (SSSR count). The predicted octanol–water partition coefficient (Wildman–Crippen LogP) is 1.06. The number of likely N-dealkylation sites (tertiary alicyclic amines) is 2. The van der Waals surface area contributed by atoms with E-state index in [0.29, 0.717) is 19.0 Å². The molecule has 2 amide bonds. The summed E-state index contributed by atoms with van der Waals surface area (Å²) >= 11 is 0. The van der Waals surface area contributed by atoms with Gasteiger partial charge in [-0.25, -0.2) is 4.98 Å². The minimum atomic E-state index is -0.363. The quantitative estimate of drug-likeness (QED) is 0.903. The van der Waals surface area contributed by atoms with Crippen LogP contribution in [0.1, 0.15) is 49.1 Å². The van der Waals surface area contributed by atoms with Gasteiger partial charge in [-0.3, -0.25) is 14.7 Å². The van der Waals surface area contributed by atoms with Gasteiger partial charge in [-0.2, -0.15) is 5.10 Å². The third-order valence-electron chi connectivity index (χ3n) is 5.79. The van der Waals surface area contributed by atoms with Crippen LogP contribution in [-0.4, -0.2) is 63.0 Å². The van der Waals surface area contributed by atoms with Crippen molar-refractivity contribution in [3.05, 3.63) is 12.2 Å². The lowest BCUT2D eigenvalue weighted by atomic mass is 9.77. The number of hydrogen-bond acceptors (Lipinski definition) is 4. The van der Waals surface area contributed by atoms with Gasteiger partial charge in [-0.15, -0.1) is 0 Å². The van der Waals surface area contributed by atoms with Crippen LogP contribution >= 0.6 is 0 Å². The fraction of sp³-hybridized carbons (Fsp3) is 0.750. The Morgan fingerprint density at radius 3 is 2.87 bits per heavy atom. The lowest BCUT2D eigenvalue weighted by Gasteiger charge is -2.42. The zero-order chi connectivity index (χ0) is 15.9. The predicted molar refractivity (Wildman–Crippen MR) is 82.5 cm³/mol. The average Bonchev–Trinajstić information content (AvgIpc) is 3.17. The van der Waals surface area contributed by atoms with Gasteiger partial charge in [0.1, 0.15) is 6.33 Å². The van der Waals surface area contributed by atoms with Crippen LogP contribution in [0.2, 0.25) is 0 Å². The van der Waals surface area contributed by atoms with Crippen LogP contribution in [0.15, 0.2) is 6.33 Å². The van der Waals surface area contributed by atoms with Crippen LogP contribution in [-0.2, 0) is 4.79 Å². The summed E-state index contributed by atoms with van der Waals surface area (Å²) in [4.78, 5) is 33.2. The Bertz CT molecular complexity index is 598. The minimum absolute atomic E-state index is 0.150. The average molecular weight is 317 g/mol. The van der Waals surface area contributed by atoms with E-state index >= 15 is 0 Å². The fourth-order valence-corrected chi connectivity index (χ4v) is 4.20. The second kappa shape index (κ2) is 5.62. The van der Waals surface area contributed by atoms with Crippen LogP contribution in [0.3, 0.4) is 0 Å². The van der Waals surface area contributed by atoms with Crippen molar-refractivity contribution in [3.63, 3.8) is 0 Å². The van der Waals surface area contributed by atoms with Gasteiger partial charge in [-0.1, -0.05) is 6.42 Å². The summed E-state index contributed by atoms with van der Waals surface area (Å²) in [6.07, 6.45) is 7.87. The molecule has 3 aliphatic rings. The maximum absolute atomic E-state index is 13.0. The molecule has 7 heteroatoms. The highest BCUT2D eigenvalue weighted by molar-refractivity contribution is 5.92. The number of hydrogen-bond donors (Lipinski definition) is 1. The van der Waals surface area contributed by atoms with Gasteiger partial charge in [-0.05, 0) is 38.0 Å². The van der Waals surface area contributed by atoms with Crippen molar-refractivity contribution in [3.8, 4) is 0 Å². The maximum Gasteiger partial charge on any atom is 0.291 e. The molecule has 1 N–H and O–H groups in total. The van der Waals surface area contributed by atoms with Gasteiger partial charge in [0.15, 0.2) is 0 Å². The molecule has 0 bridgehead atoms. The Kier molecular flexibility index (Phi) is 3.58. The first-order chi connectivity index (χ1) is 11.2. The zero-order valence-electron chi connectivity index (χ0n) is 13.3. The van der Waals surface area contributed by atoms with E-state index in [9.17, 15) is 9.59 Å². The van der Waals surface area contributed by atoms with Crippen molar-refractivity contribution in [1.29, 1.82) is 0 Å². The molecular weight excluding hydrogens is 294 g/mol. The van der Waals surface area contributed by atoms with Crippen molar-refractivity contribution in [1.82, 2.24) is 25.0 Å². The topological polar surface area (TPSA) is 82.2 Å². The Labute approximate surface area is 135 Å². The van der Waals surface area contributed by atoms with Gasteiger partial charge in [0, 0.05) is 26.2 Å². The highest BCUT2D eigenvalue weighted by Gasteiger charge is 2.50. The van der Waals surface area contributed by atoms with Gasteiger partial charge in [0.2, 0.25) is 11.7 Å². The van der Waals surface area contributed by atoms with Crippen LogP contribution in [0.25, 0.3) is 0 Å². The van der Waals surface area contributed by atoms with Gasteiger partial charge in [0.25, 0.3) is 5.91 Å². The summed E-state index contributed by atoms with van der Waals surface area (Å²) in [7, 11) is 0. The Hall–Kier alpha value is -1.92. The van der Waals surface area contributed by atoms with Crippen molar-refractivity contribution in [2.45, 2.75) is 38.5 Å². The van der Waals surface area contributed by atoms with Crippen molar-refractivity contribution < 1.29 is 9.59 Å². The molecule has 3 heterocycles. The summed E-state index contributed by atoms with van der Waals surface area (Å²) < 4.78 is 0. The van der Waals surface area contributed by atoms with Crippen LogP contribution in [0, 0.1) is 11.3 Å². The summed E-state index contributed by atoms with van der Waals surface area (Å²) in [6.45, 7) is 2.94. The van der Waals surface area contributed by atoms with E-state index < -0.39 is 0 Å². The molecule has 1 aromatic rings. The van der Waals surface area contributed by atoms with E-state index in [2.05, 4.69) is 20.1 Å². The first kappa shape index (κ1) is 14.7. The number of rotatable bonds is 3.